The molecule has 1 aliphatic heterocycles. The Kier molecular flexibility index (Phi) is 3.91. The van der Waals surface area contributed by atoms with Crippen molar-refractivity contribution in [3.8, 4) is 11.5 Å². The van der Waals surface area contributed by atoms with Crippen LogP contribution in [0, 0.1) is 0 Å². The number of fused-ring (bicyclic) bond motifs is 3. The van der Waals surface area contributed by atoms with Gasteiger partial charge in [-0.25, -0.2) is 4.98 Å². The summed E-state index contributed by atoms with van der Waals surface area (Å²) >= 11 is 0. The second kappa shape index (κ2) is 6.21. The topological polar surface area (TPSA) is 74.0 Å². The van der Waals surface area contributed by atoms with Crippen molar-refractivity contribution in [1.29, 1.82) is 0 Å². The van der Waals surface area contributed by atoms with E-state index in [1.165, 1.54) is 0 Å². The van der Waals surface area contributed by atoms with Gasteiger partial charge in [-0.1, -0.05) is 0 Å². The molecule has 4 rings (SSSR count). The number of hydrogen-bond donors (Lipinski definition) is 0. The maximum atomic E-state index is 5.39. The van der Waals surface area contributed by atoms with E-state index in [2.05, 4.69) is 20.1 Å². The van der Waals surface area contributed by atoms with Gasteiger partial charge in [0, 0.05) is 24.5 Å². The summed E-state index contributed by atoms with van der Waals surface area (Å²) in [7, 11) is 3.23. The lowest BCUT2D eigenvalue weighted by Gasteiger charge is -2.25. The second-order valence-corrected chi connectivity index (χ2v) is 5.67. The van der Waals surface area contributed by atoms with E-state index in [4.69, 9.17) is 14.2 Å². The van der Waals surface area contributed by atoms with Crippen LogP contribution in [-0.4, -0.2) is 65.0 Å². The minimum Gasteiger partial charge on any atom is -0.493 e. The fourth-order valence-corrected chi connectivity index (χ4v) is 2.97. The highest BCUT2D eigenvalue weighted by Gasteiger charge is 2.17. The summed E-state index contributed by atoms with van der Waals surface area (Å²) in [5, 5.41) is 9.60. The third-order valence-electron chi connectivity index (χ3n) is 4.29. The fourth-order valence-electron chi connectivity index (χ4n) is 2.97. The lowest BCUT2D eigenvalue weighted by Crippen LogP contribution is -2.36. The minimum atomic E-state index is 0.648. The van der Waals surface area contributed by atoms with Crippen molar-refractivity contribution in [2.24, 2.45) is 0 Å². The van der Waals surface area contributed by atoms with Gasteiger partial charge in [-0.2, -0.15) is 0 Å². The molecule has 24 heavy (non-hydrogen) atoms. The molecule has 0 spiro atoms. The molecule has 0 aliphatic carbocycles. The van der Waals surface area contributed by atoms with Crippen LogP contribution in [0.15, 0.2) is 18.5 Å². The predicted octanol–water partition coefficient (Wildman–Crippen LogP) is 1.13. The molecule has 1 fully saturated rings. The Bertz CT molecular complexity index is 873. The molecule has 0 N–H and O–H groups in total. The number of aromatic nitrogens is 4. The molecular weight excluding hydrogens is 310 g/mol. The lowest BCUT2D eigenvalue weighted by atomic mass is 10.2. The Morgan fingerprint density at radius 2 is 1.83 bits per heavy atom. The minimum absolute atomic E-state index is 0.648. The van der Waals surface area contributed by atoms with Crippen molar-refractivity contribution < 1.29 is 14.2 Å². The monoisotopic (exact) mass is 329 g/mol. The van der Waals surface area contributed by atoms with E-state index in [9.17, 15) is 0 Å². The molecular formula is C16H19N5O3. The van der Waals surface area contributed by atoms with Crippen LogP contribution in [0.1, 0.15) is 5.82 Å². The van der Waals surface area contributed by atoms with E-state index in [1.807, 2.05) is 16.5 Å². The quantitative estimate of drug-likeness (QED) is 0.710. The average molecular weight is 329 g/mol. The van der Waals surface area contributed by atoms with Gasteiger partial charge in [0.05, 0.1) is 39.5 Å². The van der Waals surface area contributed by atoms with Gasteiger partial charge in [-0.3, -0.25) is 9.30 Å². The molecule has 126 valence electrons. The molecule has 0 radical (unpaired) electrons. The van der Waals surface area contributed by atoms with E-state index < -0.39 is 0 Å². The summed E-state index contributed by atoms with van der Waals surface area (Å²) in [6, 6.07) is 3.74. The average Bonchev–Trinajstić information content (AvgIpc) is 3.04. The molecule has 2 aromatic heterocycles. The van der Waals surface area contributed by atoms with E-state index in [0.29, 0.717) is 11.5 Å². The van der Waals surface area contributed by atoms with Crippen LogP contribution in [0.2, 0.25) is 0 Å². The number of methoxy groups -OCH3 is 2. The first kappa shape index (κ1) is 15.1. The number of ether oxygens (including phenoxy) is 3. The smallest absolute Gasteiger partial charge is 0.171 e. The molecule has 1 aliphatic rings. The highest BCUT2D eigenvalue weighted by atomic mass is 16.5. The van der Waals surface area contributed by atoms with Gasteiger partial charge in [-0.05, 0) is 6.07 Å². The zero-order valence-corrected chi connectivity index (χ0v) is 13.7. The SMILES string of the molecule is COc1cc2ncn3c(CN4CCOCC4)nnc3c2cc1OC. The predicted molar refractivity (Wildman–Crippen MR) is 87.5 cm³/mol. The maximum absolute atomic E-state index is 5.39. The molecule has 0 saturated carbocycles. The summed E-state index contributed by atoms with van der Waals surface area (Å²) in [6.45, 7) is 4.05. The third-order valence-corrected chi connectivity index (χ3v) is 4.29. The molecule has 1 aromatic carbocycles. The van der Waals surface area contributed by atoms with Crippen LogP contribution < -0.4 is 9.47 Å². The third kappa shape index (κ3) is 2.53. The lowest BCUT2D eigenvalue weighted by molar-refractivity contribution is 0.0329. The van der Waals surface area contributed by atoms with Gasteiger partial charge in [0.2, 0.25) is 0 Å². The van der Waals surface area contributed by atoms with Gasteiger partial charge in [-0.15, -0.1) is 10.2 Å². The number of morpholine rings is 1. The van der Waals surface area contributed by atoms with Crippen molar-refractivity contribution in [3.05, 3.63) is 24.3 Å². The Labute approximate surface area is 139 Å². The molecule has 0 amide bonds. The molecule has 0 atom stereocenters. The molecule has 0 bridgehead atoms. The van der Waals surface area contributed by atoms with Gasteiger partial charge in [0.25, 0.3) is 0 Å². The highest BCUT2D eigenvalue weighted by Crippen LogP contribution is 2.32. The van der Waals surface area contributed by atoms with Crippen LogP contribution in [0.4, 0.5) is 0 Å². The molecule has 8 heteroatoms. The van der Waals surface area contributed by atoms with E-state index >= 15 is 0 Å². The van der Waals surface area contributed by atoms with Crippen LogP contribution in [0.3, 0.4) is 0 Å². The first-order valence-corrected chi connectivity index (χ1v) is 7.84. The maximum Gasteiger partial charge on any atom is 0.171 e. The van der Waals surface area contributed by atoms with Crippen LogP contribution >= 0.6 is 0 Å². The highest BCUT2D eigenvalue weighted by molar-refractivity contribution is 5.93. The molecule has 1 saturated heterocycles. The number of benzene rings is 1. The Balaban J connectivity index is 1.78. The van der Waals surface area contributed by atoms with Gasteiger partial charge < -0.3 is 14.2 Å². The fraction of sp³-hybridized carbons (Fsp3) is 0.438. The van der Waals surface area contributed by atoms with Crippen molar-refractivity contribution in [2.45, 2.75) is 6.54 Å². The van der Waals surface area contributed by atoms with Gasteiger partial charge in [0.15, 0.2) is 23.0 Å². The largest absolute Gasteiger partial charge is 0.493 e. The zero-order valence-electron chi connectivity index (χ0n) is 13.7. The van der Waals surface area contributed by atoms with E-state index in [1.54, 1.807) is 20.5 Å². The molecule has 8 nitrogen and oxygen atoms in total. The Morgan fingerprint density at radius 3 is 2.58 bits per heavy atom. The molecule has 3 heterocycles. The summed E-state index contributed by atoms with van der Waals surface area (Å²) in [4.78, 5) is 6.83. The standard InChI is InChI=1S/C16H19N5O3/c1-22-13-7-11-12(8-14(13)23-2)17-10-21-15(18-19-16(11)21)9-20-3-5-24-6-4-20/h7-8,10H,3-6,9H2,1-2H3. The Hall–Kier alpha value is -2.45. The summed E-state index contributed by atoms with van der Waals surface area (Å²) in [5.74, 6) is 2.17. The van der Waals surface area contributed by atoms with Gasteiger partial charge in [0.1, 0.15) is 6.33 Å². The number of rotatable bonds is 4. The second-order valence-electron chi connectivity index (χ2n) is 5.67. The van der Waals surface area contributed by atoms with Crippen molar-refractivity contribution in [1.82, 2.24) is 24.5 Å². The zero-order chi connectivity index (χ0) is 16.5. The van der Waals surface area contributed by atoms with Crippen molar-refractivity contribution in [2.75, 3.05) is 40.5 Å². The molecule has 0 unspecified atom stereocenters. The van der Waals surface area contributed by atoms with E-state index in [-0.39, 0.29) is 0 Å². The first-order valence-electron chi connectivity index (χ1n) is 7.84. The van der Waals surface area contributed by atoms with Crippen LogP contribution in [0.25, 0.3) is 16.6 Å². The van der Waals surface area contributed by atoms with Crippen LogP contribution in [-0.2, 0) is 11.3 Å². The van der Waals surface area contributed by atoms with Crippen molar-refractivity contribution >= 4 is 16.6 Å². The summed E-state index contributed by atoms with van der Waals surface area (Å²) in [5.41, 5.74) is 1.56. The molecule has 3 aromatic rings. The number of nitrogens with zero attached hydrogens (tertiary/aromatic N) is 5. The number of hydrogen-bond acceptors (Lipinski definition) is 7. The van der Waals surface area contributed by atoms with E-state index in [0.717, 1.165) is 55.2 Å². The van der Waals surface area contributed by atoms with Crippen molar-refractivity contribution in [3.63, 3.8) is 0 Å². The first-order chi connectivity index (χ1) is 11.8. The summed E-state index contributed by atoms with van der Waals surface area (Å²) < 4.78 is 18.0. The normalized spacial score (nSPS) is 15.9. The summed E-state index contributed by atoms with van der Waals surface area (Å²) in [6.07, 6.45) is 1.76. The Morgan fingerprint density at radius 1 is 1.08 bits per heavy atom. The van der Waals surface area contributed by atoms with Gasteiger partial charge >= 0.3 is 0 Å². The van der Waals surface area contributed by atoms with Crippen LogP contribution in [0.5, 0.6) is 11.5 Å².